The Morgan fingerprint density at radius 1 is 1.00 bits per heavy atom. The zero-order valence-corrected chi connectivity index (χ0v) is 13.7. The molecule has 7 N–H and O–H groups in total. The number of phenols is 1. The molecule has 0 saturated heterocycles. The second kappa shape index (κ2) is 9.64. The van der Waals surface area contributed by atoms with E-state index < -0.39 is 9.85 Å². The highest BCUT2D eigenvalue weighted by Gasteiger charge is 2.13. The summed E-state index contributed by atoms with van der Waals surface area (Å²) in [5.74, 6) is -0.144. The minimum Gasteiger partial charge on any atom is -0.508 e. The lowest BCUT2D eigenvalue weighted by Crippen LogP contribution is -2.05. The number of aromatic hydroxyl groups is 1. The number of nitrogens with zero attached hydrogens (tertiary/aromatic N) is 2. The van der Waals surface area contributed by atoms with Crippen molar-refractivity contribution in [1.29, 1.82) is 0 Å². The van der Waals surface area contributed by atoms with Crippen molar-refractivity contribution < 1.29 is 20.1 Å². The summed E-state index contributed by atoms with van der Waals surface area (Å²) in [6, 6.07) is 7.84. The van der Waals surface area contributed by atoms with Gasteiger partial charge in [0.1, 0.15) is 11.4 Å². The maximum atomic E-state index is 10.6. The van der Waals surface area contributed by atoms with Gasteiger partial charge in [-0.3, -0.25) is 20.2 Å². The van der Waals surface area contributed by atoms with Crippen LogP contribution in [0.2, 0.25) is 0 Å². The van der Waals surface area contributed by atoms with E-state index in [1.165, 1.54) is 30.3 Å². The van der Waals surface area contributed by atoms with E-state index in [-0.39, 0.29) is 29.4 Å². The maximum Gasteiger partial charge on any atom is 0.296 e. The summed E-state index contributed by atoms with van der Waals surface area (Å²) in [7, 11) is 0. The fraction of sp³-hybridized carbons (Fsp3) is 0.200. The number of anilines is 3. The molecular formula is C15H19N5O6. The molecule has 0 fully saturated rings. The number of hydrogen-bond acceptors (Lipinski definition) is 9. The molecule has 2 rings (SSSR count). The molecule has 11 heteroatoms. The second-order valence-electron chi connectivity index (χ2n) is 5.03. The smallest absolute Gasteiger partial charge is 0.296 e. The van der Waals surface area contributed by atoms with Crippen LogP contribution in [0.3, 0.4) is 0 Å². The van der Waals surface area contributed by atoms with E-state index in [1.807, 2.05) is 0 Å². The lowest BCUT2D eigenvalue weighted by Gasteiger charge is -2.05. The van der Waals surface area contributed by atoms with E-state index in [1.54, 1.807) is 0 Å². The van der Waals surface area contributed by atoms with Gasteiger partial charge in [0.05, 0.1) is 27.3 Å². The number of non-ortho nitro benzene ring substituents is 1. The number of aliphatic hydroxyl groups is 1. The van der Waals surface area contributed by atoms with Crippen LogP contribution >= 0.6 is 0 Å². The fourth-order valence-electron chi connectivity index (χ4n) is 1.80. The largest absolute Gasteiger partial charge is 0.508 e. The van der Waals surface area contributed by atoms with Gasteiger partial charge in [0.15, 0.2) is 0 Å². The minimum atomic E-state index is -0.568. The molecule has 0 unspecified atom stereocenters. The number of benzene rings is 2. The SMILES string of the molecule is Nc1ccc([N+](=O)[O-])cc1N.O=[N+]([O-])c1cc(O)ccc1NCCCO. The van der Waals surface area contributed by atoms with Crippen LogP contribution in [0.5, 0.6) is 5.75 Å². The van der Waals surface area contributed by atoms with Crippen LogP contribution < -0.4 is 16.8 Å². The topological polar surface area (TPSA) is 191 Å². The van der Waals surface area contributed by atoms with Gasteiger partial charge in [-0.2, -0.15) is 0 Å². The number of rotatable bonds is 6. The molecule has 2 aromatic carbocycles. The van der Waals surface area contributed by atoms with E-state index in [4.69, 9.17) is 21.7 Å². The van der Waals surface area contributed by atoms with Gasteiger partial charge < -0.3 is 27.0 Å². The van der Waals surface area contributed by atoms with Gasteiger partial charge in [0, 0.05) is 25.3 Å². The summed E-state index contributed by atoms with van der Waals surface area (Å²) in [4.78, 5) is 19.7. The Morgan fingerprint density at radius 2 is 1.69 bits per heavy atom. The number of phenolic OH excluding ortho intramolecular Hbond substituents is 1. The molecular weight excluding hydrogens is 346 g/mol. The third-order valence-corrected chi connectivity index (χ3v) is 3.11. The van der Waals surface area contributed by atoms with Crippen molar-refractivity contribution in [3.63, 3.8) is 0 Å². The van der Waals surface area contributed by atoms with E-state index >= 15 is 0 Å². The maximum absolute atomic E-state index is 10.6. The Hall–Kier alpha value is -3.60. The quantitative estimate of drug-likeness (QED) is 0.167. The van der Waals surface area contributed by atoms with Crippen LogP contribution in [0.4, 0.5) is 28.4 Å². The molecule has 0 aromatic heterocycles. The normalized spacial score (nSPS) is 9.73. The molecule has 0 aliphatic rings. The van der Waals surface area contributed by atoms with E-state index in [0.29, 0.717) is 24.3 Å². The van der Waals surface area contributed by atoms with Gasteiger partial charge in [0.2, 0.25) is 0 Å². The van der Waals surface area contributed by atoms with Crippen molar-refractivity contribution in [1.82, 2.24) is 0 Å². The predicted octanol–water partition coefficient (Wildman–Crippen LogP) is 1.85. The Kier molecular flexibility index (Phi) is 7.58. The molecule has 0 amide bonds. The Labute approximate surface area is 148 Å². The molecule has 2 aromatic rings. The van der Waals surface area contributed by atoms with Gasteiger partial charge in [-0.1, -0.05) is 0 Å². The number of nitrogens with two attached hydrogens (primary N) is 2. The zero-order chi connectivity index (χ0) is 19.7. The monoisotopic (exact) mass is 365 g/mol. The first-order chi connectivity index (χ1) is 12.3. The molecule has 0 bridgehead atoms. The molecule has 26 heavy (non-hydrogen) atoms. The number of nitro groups is 2. The molecule has 0 radical (unpaired) electrons. The van der Waals surface area contributed by atoms with Crippen molar-refractivity contribution in [3.05, 3.63) is 56.6 Å². The molecule has 0 spiro atoms. The van der Waals surface area contributed by atoms with Gasteiger partial charge >= 0.3 is 0 Å². The standard InChI is InChI=1S/C9H12N2O4.C6H7N3O2/c12-5-1-4-10-8-3-2-7(13)6-9(8)11(14)15;7-5-2-1-4(9(10)11)3-6(5)8/h2-3,6,10,12-13H,1,4-5H2;1-3H,7-8H2. The van der Waals surface area contributed by atoms with Crippen molar-refractivity contribution >= 4 is 28.4 Å². The third-order valence-electron chi connectivity index (χ3n) is 3.11. The number of aliphatic hydroxyl groups excluding tert-OH is 1. The highest BCUT2D eigenvalue weighted by molar-refractivity contribution is 5.66. The average molecular weight is 365 g/mol. The first-order valence-electron chi connectivity index (χ1n) is 7.37. The van der Waals surface area contributed by atoms with Crippen molar-refractivity contribution in [3.8, 4) is 5.75 Å². The molecule has 0 heterocycles. The van der Waals surface area contributed by atoms with Crippen molar-refractivity contribution in [2.24, 2.45) is 0 Å². The Bertz CT molecular complexity index is 783. The van der Waals surface area contributed by atoms with Gasteiger partial charge in [0.25, 0.3) is 11.4 Å². The van der Waals surface area contributed by atoms with Crippen LogP contribution in [-0.2, 0) is 0 Å². The van der Waals surface area contributed by atoms with Gasteiger partial charge in [-0.05, 0) is 24.6 Å². The van der Waals surface area contributed by atoms with E-state index in [9.17, 15) is 20.2 Å². The third kappa shape index (κ3) is 6.13. The molecule has 11 nitrogen and oxygen atoms in total. The first kappa shape index (κ1) is 20.4. The summed E-state index contributed by atoms with van der Waals surface area (Å²) >= 11 is 0. The first-order valence-corrected chi connectivity index (χ1v) is 7.37. The van der Waals surface area contributed by atoms with Gasteiger partial charge in [-0.25, -0.2) is 0 Å². The number of nitro benzene ring substituents is 2. The van der Waals surface area contributed by atoms with Crippen LogP contribution in [0.1, 0.15) is 6.42 Å². The summed E-state index contributed by atoms with van der Waals surface area (Å²) < 4.78 is 0. The van der Waals surface area contributed by atoms with E-state index in [0.717, 1.165) is 6.07 Å². The lowest BCUT2D eigenvalue weighted by atomic mass is 10.2. The van der Waals surface area contributed by atoms with Crippen LogP contribution in [-0.4, -0.2) is 33.2 Å². The second-order valence-corrected chi connectivity index (χ2v) is 5.03. The molecule has 0 saturated carbocycles. The van der Waals surface area contributed by atoms with Crippen LogP contribution in [0.15, 0.2) is 36.4 Å². The minimum absolute atomic E-state index is 0.0267. The highest BCUT2D eigenvalue weighted by Crippen LogP contribution is 2.28. The van der Waals surface area contributed by atoms with Crippen molar-refractivity contribution in [2.75, 3.05) is 29.9 Å². The molecule has 0 aliphatic carbocycles. The zero-order valence-electron chi connectivity index (χ0n) is 13.7. The summed E-state index contributed by atoms with van der Waals surface area (Å²) in [6.07, 6.45) is 0.512. The highest BCUT2D eigenvalue weighted by atomic mass is 16.6. The molecule has 0 atom stereocenters. The number of nitrogen functional groups attached to an aromatic ring is 2. The van der Waals surface area contributed by atoms with Gasteiger partial charge in [-0.15, -0.1) is 0 Å². The number of hydrogen-bond donors (Lipinski definition) is 5. The van der Waals surface area contributed by atoms with Crippen LogP contribution in [0, 0.1) is 20.2 Å². The number of nitrogens with one attached hydrogen (secondary N) is 1. The lowest BCUT2D eigenvalue weighted by molar-refractivity contribution is -0.384. The van der Waals surface area contributed by atoms with Crippen molar-refractivity contribution in [2.45, 2.75) is 6.42 Å². The Balaban J connectivity index is 0.000000273. The summed E-state index contributed by atoms with van der Waals surface area (Å²) in [5.41, 5.74) is 11.4. The predicted molar refractivity (Wildman–Crippen MR) is 96.9 cm³/mol. The summed E-state index contributed by atoms with van der Waals surface area (Å²) in [6.45, 7) is 0.473. The Morgan fingerprint density at radius 3 is 2.23 bits per heavy atom. The fourth-order valence-corrected chi connectivity index (χ4v) is 1.80. The molecule has 140 valence electrons. The average Bonchev–Trinajstić information content (AvgIpc) is 2.59. The van der Waals surface area contributed by atoms with Crippen LogP contribution in [0.25, 0.3) is 0 Å². The molecule has 0 aliphatic heterocycles. The van der Waals surface area contributed by atoms with E-state index in [2.05, 4.69) is 5.32 Å². The summed E-state index contributed by atoms with van der Waals surface area (Å²) in [5, 5.41) is 41.2.